The van der Waals surface area contributed by atoms with Crippen LogP contribution in [0.4, 0.5) is 8.78 Å². The Hall–Kier alpha value is -2.46. The van der Waals surface area contributed by atoms with E-state index in [0.29, 0.717) is 6.54 Å². The summed E-state index contributed by atoms with van der Waals surface area (Å²) in [5.74, 6) is -0.315. The summed E-state index contributed by atoms with van der Waals surface area (Å²) < 4.78 is 35.0. The number of nitrogens with zero attached hydrogens (tertiary/aromatic N) is 1. The van der Waals surface area contributed by atoms with E-state index in [-0.39, 0.29) is 28.6 Å². The second-order valence-electron chi connectivity index (χ2n) is 6.82. The molecule has 0 aliphatic rings. The van der Waals surface area contributed by atoms with E-state index in [9.17, 15) is 18.4 Å². The third-order valence-electron chi connectivity index (χ3n) is 3.65. The first kappa shape index (κ1) is 19.9. The van der Waals surface area contributed by atoms with Crippen LogP contribution in [0.15, 0.2) is 17.1 Å². The molecule has 0 bridgehead atoms. The topological polar surface area (TPSA) is 48.3 Å². The molecule has 0 spiro atoms. The molecular formula is C19H21F2NO3Si. The van der Waals surface area contributed by atoms with E-state index >= 15 is 0 Å². The summed E-state index contributed by atoms with van der Waals surface area (Å²) in [4.78, 5) is 24.7. The first-order valence-electron chi connectivity index (χ1n) is 8.36. The standard InChI is InChI=1S/C19H21F2NO3Si/c1-6-22-11-14(19(24)25-7-2)18(23)13-10-15(20)16(21)12(17(13)22)8-9-26(3,4)5/h10-11H,6-7H2,1-5H3. The zero-order valence-corrected chi connectivity index (χ0v) is 16.5. The van der Waals surface area contributed by atoms with Gasteiger partial charge in [0.1, 0.15) is 13.6 Å². The highest BCUT2D eigenvalue weighted by molar-refractivity contribution is 6.83. The number of fused-ring (bicyclic) bond motifs is 1. The molecule has 4 nitrogen and oxygen atoms in total. The molecule has 138 valence electrons. The first-order chi connectivity index (χ1) is 12.1. The number of esters is 1. The Morgan fingerprint density at radius 2 is 1.92 bits per heavy atom. The van der Waals surface area contributed by atoms with E-state index in [1.165, 1.54) is 10.8 Å². The maximum Gasteiger partial charge on any atom is 0.343 e. The monoisotopic (exact) mass is 377 g/mol. The molecule has 1 heterocycles. The number of carbonyl (C=O) groups is 1. The lowest BCUT2D eigenvalue weighted by atomic mass is 10.1. The Morgan fingerprint density at radius 1 is 1.27 bits per heavy atom. The number of hydrogen-bond donors (Lipinski definition) is 0. The number of benzene rings is 1. The van der Waals surface area contributed by atoms with Gasteiger partial charge in [-0.2, -0.15) is 0 Å². The predicted octanol–water partition coefficient (Wildman–Crippen LogP) is 3.71. The molecule has 0 aliphatic heterocycles. The maximum atomic E-state index is 14.5. The number of carbonyl (C=O) groups excluding carboxylic acids is 1. The van der Waals surface area contributed by atoms with Crippen molar-refractivity contribution in [3.8, 4) is 11.5 Å². The fourth-order valence-electron chi connectivity index (χ4n) is 2.48. The van der Waals surface area contributed by atoms with Crippen LogP contribution in [0.5, 0.6) is 0 Å². The van der Waals surface area contributed by atoms with Gasteiger partial charge in [-0.15, -0.1) is 5.54 Å². The normalized spacial score (nSPS) is 11.2. The minimum Gasteiger partial charge on any atom is -0.462 e. The Bertz CT molecular complexity index is 994. The number of rotatable bonds is 3. The van der Waals surface area contributed by atoms with Crippen molar-refractivity contribution in [2.75, 3.05) is 6.61 Å². The summed E-state index contributed by atoms with van der Waals surface area (Å²) in [5.41, 5.74) is 2.13. The fraction of sp³-hybridized carbons (Fsp3) is 0.368. The largest absolute Gasteiger partial charge is 0.462 e. The van der Waals surface area contributed by atoms with Crippen molar-refractivity contribution in [2.24, 2.45) is 0 Å². The highest BCUT2D eigenvalue weighted by atomic mass is 28.3. The lowest BCUT2D eigenvalue weighted by Crippen LogP contribution is -2.22. The van der Waals surface area contributed by atoms with Crippen molar-refractivity contribution in [1.29, 1.82) is 0 Å². The SMILES string of the molecule is CCOC(=O)c1cn(CC)c2c(C#C[Si](C)(C)C)c(F)c(F)cc2c1=O. The second kappa shape index (κ2) is 7.42. The van der Waals surface area contributed by atoms with Crippen molar-refractivity contribution in [2.45, 2.75) is 40.0 Å². The Kier molecular flexibility index (Phi) is 5.67. The Morgan fingerprint density at radius 3 is 2.46 bits per heavy atom. The first-order valence-corrected chi connectivity index (χ1v) is 11.9. The van der Waals surface area contributed by atoms with Crippen LogP contribution in [-0.4, -0.2) is 25.2 Å². The molecule has 1 aromatic heterocycles. The number of ether oxygens (including phenoxy) is 1. The molecule has 7 heteroatoms. The number of halogens is 2. The van der Waals surface area contributed by atoms with Crippen LogP contribution in [0.2, 0.25) is 19.6 Å². The van der Waals surface area contributed by atoms with Gasteiger partial charge < -0.3 is 9.30 Å². The lowest BCUT2D eigenvalue weighted by molar-refractivity contribution is 0.0524. The summed E-state index contributed by atoms with van der Waals surface area (Å²) in [6.07, 6.45) is 1.32. The number of aryl methyl sites for hydroxylation is 1. The second-order valence-corrected chi connectivity index (χ2v) is 11.6. The van der Waals surface area contributed by atoms with Crippen molar-refractivity contribution in [3.63, 3.8) is 0 Å². The molecular weight excluding hydrogens is 356 g/mol. The van der Waals surface area contributed by atoms with E-state index < -0.39 is 31.1 Å². The Balaban J connectivity index is 2.95. The van der Waals surface area contributed by atoms with Crippen molar-refractivity contribution >= 4 is 24.9 Å². The van der Waals surface area contributed by atoms with Gasteiger partial charge in [-0.1, -0.05) is 25.6 Å². The summed E-state index contributed by atoms with van der Waals surface area (Å²) in [6, 6.07) is 0.821. The molecule has 0 atom stereocenters. The lowest BCUT2D eigenvalue weighted by Gasteiger charge is -2.14. The minimum absolute atomic E-state index is 0.0869. The van der Waals surface area contributed by atoms with Crippen LogP contribution in [0.25, 0.3) is 10.9 Å². The third-order valence-corrected chi connectivity index (χ3v) is 4.53. The van der Waals surface area contributed by atoms with Crippen LogP contribution < -0.4 is 5.43 Å². The third kappa shape index (κ3) is 3.86. The van der Waals surface area contributed by atoms with Crippen molar-refractivity contribution < 1.29 is 18.3 Å². The van der Waals surface area contributed by atoms with E-state index in [1.807, 2.05) is 19.6 Å². The van der Waals surface area contributed by atoms with Gasteiger partial charge in [0.2, 0.25) is 5.43 Å². The highest BCUT2D eigenvalue weighted by Crippen LogP contribution is 2.23. The average molecular weight is 377 g/mol. The number of hydrogen-bond acceptors (Lipinski definition) is 3. The fourth-order valence-corrected chi connectivity index (χ4v) is 2.98. The number of pyridine rings is 1. The zero-order valence-electron chi connectivity index (χ0n) is 15.5. The van der Waals surface area contributed by atoms with E-state index in [1.54, 1.807) is 13.8 Å². The van der Waals surface area contributed by atoms with Gasteiger partial charge >= 0.3 is 5.97 Å². The summed E-state index contributed by atoms with van der Waals surface area (Å²) in [5, 5.41) is -0.0869. The van der Waals surface area contributed by atoms with Crippen LogP contribution >= 0.6 is 0 Å². The van der Waals surface area contributed by atoms with E-state index in [4.69, 9.17) is 4.74 Å². The van der Waals surface area contributed by atoms with Gasteiger partial charge in [-0.3, -0.25) is 4.79 Å². The van der Waals surface area contributed by atoms with E-state index in [0.717, 1.165) is 6.07 Å². The van der Waals surface area contributed by atoms with Gasteiger partial charge in [0.15, 0.2) is 11.6 Å². The molecule has 0 radical (unpaired) electrons. The van der Waals surface area contributed by atoms with E-state index in [2.05, 4.69) is 11.5 Å². The van der Waals surface area contributed by atoms with Crippen LogP contribution in [0, 0.1) is 23.1 Å². The zero-order chi connectivity index (χ0) is 19.6. The predicted molar refractivity (Wildman–Crippen MR) is 100.0 cm³/mol. The quantitative estimate of drug-likeness (QED) is 0.465. The molecule has 2 rings (SSSR count). The Labute approximate surface area is 151 Å². The van der Waals surface area contributed by atoms with Crippen LogP contribution in [0.3, 0.4) is 0 Å². The average Bonchev–Trinajstić information content (AvgIpc) is 2.55. The molecule has 0 N–H and O–H groups in total. The highest BCUT2D eigenvalue weighted by Gasteiger charge is 2.22. The molecule has 0 unspecified atom stereocenters. The molecule has 1 aromatic carbocycles. The van der Waals surface area contributed by atoms with Gasteiger partial charge in [0.25, 0.3) is 0 Å². The summed E-state index contributed by atoms with van der Waals surface area (Å²) in [7, 11) is -1.86. The molecule has 0 saturated heterocycles. The van der Waals surface area contributed by atoms with Gasteiger partial charge in [-0.05, 0) is 19.9 Å². The molecule has 26 heavy (non-hydrogen) atoms. The minimum atomic E-state index is -1.86. The molecule has 2 aromatic rings. The molecule has 0 amide bonds. The maximum absolute atomic E-state index is 14.5. The summed E-state index contributed by atoms with van der Waals surface area (Å²) >= 11 is 0. The number of aromatic nitrogens is 1. The smallest absolute Gasteiger partial charge is 0.343 e. The molecule has 0 saturated carbocycles. The van der Waals surface area contributed by atoms with Crippen LogP contribution in [-0.2, 0) is 11.3 Å². The van der Waals surface area contributed by atoms with Gasteiger partial charge in [-0.25, -0.2) is 13.6 Å². The van der Waals surface area contributed by atoms with Crippen molar-refractivity contribution in [1.82, 2.24) is 4.57 Å². The molecule has 0 fully saturated rings. The summed E-state index contributed by atoms with van der Waals surface area (Å²) in [6.45, 7) is 9.77. The van der Waals surface area contributed by atoms with Gasteiger partial charge in [0, 0.05) is 12.7 Å². The van der Waals surface area contributed by atoms with Crippen LogP contribution in [0.1, 0.15) is 29.8 Å². The molecule has 0 aliphatic carbocycles. The van der Waals surface area contributed by atoms with Gasteiger partial charge in [0.05, 0.1) is 23.1 Å². The van der Waals surface area contributed by atoms with Crippen molar-refractivity contribution in [3.05, 3.63) is 45.2 Å².